The summed E-state index contributed by atoms with van der Waals surface area (Å²) in [5.74, 6) is 1.21. The zero-order valence-corrected chi connectivity index (χ0v) is 11.9. The number of imidazole rings is 1. The minimum atomic E-state index is 0.372. The second-order valence-corrected chi connectivity index (χ2v) is 5.12. The monoisotopic (exact) mass is 290 g/mol. The zero-order chi connectivity index (χ0) is 13.4. The molecule has 1 aromatic heterocycles. The molecule has 0 radical (unpaired) electrons. The highest BCUT2D eigenvalue weighted by atomic mass is 35.5. The van der Waals surface area contributed by atoms with Crippen LogP contribution in [0.2, 0.25) is 5.02 Å². The number of hydrogen-bond acceptors (Lipinski definition) is 1. The first kappa shape index (κ1) is 12.5. The van der Waals surface area contributed by atoms with Crippen LogP contribution < -0.4 is 0 Å². The summed E-state index contributed by atoms with van der Waals surface area (Å²) < 4.78 is 2.09. The number of fused-ring (bicyclic) bond motifs is 1. The fourth-order valence-corrected chi connectivity index (χ4v) is 2.71. The van der Waals surface area contributed by atoms with Gasteiger partial charge in [0, 0.05) is 5.02 Å². The van der Waals surface area contributed by atoms with Crippen LogP contribution >= 0.6 is 23.2 Å². The van der Waals surface area contributed by atoms with Gasteiger partial charge < -0.3 is 0 Å². The standard InChI is InChI=1S/C15H12Cl2N2/c1-10-8-11(17)6-7-13(10)19-14-5-3-2-4-12(14)18-15(19)9-16/h2-8H,9H2,1H3. The molecule has 19 heavy (non-hydrogen) atoms. The van der Waals surface area contributed by atoms with Crippen molar-refractivity contribution in [2.45, 2.75) is 12.8 Å². The number of rotatable bonds is 2. The van der Waals surface area contributed by atoms with E-state index < -0.39 is 0 Å². The Kier molecular flexibility index (Phi) is 3.21. The Balaban J connectivity index is 2.34. The molecule has 0 fully saturated rings. The summed E-state index contributed by atoms with van der Waals surface area (Å²) in [6, 6.07) is 13.9. The van der Waals surface area contributed by atoms with Gasteiger partial charge in [0.2, 0.25) is 0 Å². The molecule has 0 amide bonds. The van der Waals surface area contributed by atoms with Crippen LogP contribution in [0.15, 0.2) is 42.5 Å². The van der Waals surface area contributed by atoms with Crippen molar-refractivity contribution < 1.29 is 0 Å². The first-order chi connectivity index (χ1) is 9.20. The molecule has 2 aromatic carbocycles. The van der Waals surface area contributed by atoms with E-state index in [1.165, 1.54) is 0 Å². The lowest BCUT2D eigenvalue weighted by atomic mass is 10.2. The van der Waals surface area contributed by atoms with Crippen molar-refractivity contribution in [2.24, 2.45) is 0 Å². The molecule has 0 aliphatic carbocycles. The Morgan fingerprint density at radius 1 is 1.16 bits per heavy atom. The summed E-state index contributed by atoms with van der Waals surface area (Å²) in [5, 5.41) is 0.734. The maximum Gasteiger partial charge on any atom is 0.129 e. The van der Waals surface area contributed by atoms with Crippen LogP contribution in [0.3, 0.4) is 0 Å². The van der Waals surface area contributed by atoms with Gasteiger partial charge in [0.15, 0.2) is 0 Å². The predicted octanol–water partition coefficient (Wildman–Crippen LogP) is 4.73. The lowest BCUT2D eigenvalue weighted by Crippen LogP contribution is -2.01. The molecule has 1 heterocycles. The van der Waals surface area contributed by atoms with E-state index in [9.17, 15) is 0 Å². The number of halogens is 2. The average Bonchev–Trinajstić information content (AvgIpc) is 2.77. The first-order valence-electron chi connectivity index (χ1n) is 5.99. The van der Waals surface area contributed by atoms with E-state index in [1.54, 1.807) is 0 Å². The number of nitrogens with zero attached hydrogens (tertiary/aromatic N) is 2. The van der Waals surface area contributed by atoms with Crippen molar-refractivity contribution >= 4 is 34.2 Å². The van der Waals surface area contributed by atoms with E-state index in [-0.39, 0.29) is 0 Å². The summed E-state index contributed by atoms with van der Waals surface area (Å²) in [5.41, 5.74) is 4.17. The second kappa shape index (κ2) is 4.87. The van der Waals surface area contributed by atoms with Gasteiger partial charge in [-0.2, -0.15) is 0 Å². The topological polar surface area (TPSA) is 17.8 Å². The quantitative estimate of drug-likeness (QED) is 0.624. The van der Waals surface area contributed by atoms with Crippen molar-refractivity contribution in [2.75, 3.05) is 0 Å². The summed E-state index contributed by atoms with van der Waals surface area (Å²) in [7, 11) is 0. The molecular weight excluding hydrogens is 279 g/mol. The van der Waals surface area contributed by atoms with Crippen molar-refractivity contribution in [1.82, 2.24) is 9.55 Å². The summed E-state index contributed by atoms with van der Waals surface area (Å²) in [6.45, 7) is 2.04. The normalized spacial score (nSPS) is 11.1. The van der Waals surface area contributed by atoms with E-state index in [0.717, 1.165) is 33.1 Å². The molecule has 3 aromatic rings. The van der Waals surface area contributed by atoms with Crippen molar-refractivity contribution in [1.29, 1.82) is 0 Å². The van der Waals surface area contributed by atoms with Crippen LogP contribution in [0.25, 0.3) is 16.7 Å². The van der Waals surface area contributed by atoms with Crippen molar-refractivity contribution in [3.63, 3.8) is 0 Å². The van der Waals surface area contributed by atoms with Crippen LogP contribution in [-0.4, -0.2) is 9.55 Å². The molecule has 2 nitrogen and oxygen atoms in total. The molecule has 0 unspecified atom stereocenters. The molecule has 4 heteroatoms. The van der Waals surface area contributed by atoms with Gasteiger partial charge in [0.1, 0.15) is 5.82 Å². The number of para-hydroxylation sites is 2. The molecular formula is C15H12Cl2N2. The van der Waals surface area contributed by atoms with E-state index in [1.807, 2.05) is 49.4 Å². The highest BCUT2D eigenvalue weighted by Crippen LogP contribution is 2.26. The molecule has 0 saturated carbocycles. The Bertz CT molecular complexity index is 747. The van der Waals surface area contributed by atoms with Crippen LogP contribution in [0.1, 0.15) is 11.4 Å². The molecule has 3 rings (SSSR count). The number of aryl methyl sites for hydroxylation is 1. The molecule has 0 aliphatic rings. The maximum atomic E-state index is 6.03. The predicted molar refractivity (Wildman–Crippen MR) is 80.4 cm³/mol. The largest absolute Gasteiger partial charge is 0.295 e. The second-order valence-electron chi connectivity index (χ2n) is 4.42. The van der Waals surface area contributed by atoms with Gasteiger partial charge in [-0.15, -0.1) is 11.6 Å². The van der Waals surface area contributed by atoms with Crippen LogP contribution in [0.5, 0.6) is 0 Å². The molecule has 0 N–H and O–H groups in total. The lowest BCUT2D eigenvalue weighted by Gasteiger charge is -2.11. The highest BCUT2D eigenvalue weighted by molar-refractivity contribution is 6.30. The summed E-state index contributed by atoms with van der Waals surface area (Å²) in [6.07, 6.45) is 0. The molecule has 0 atom stereocenters. The van der Waals surface area contributed by atoms with E-state index >= 15 is 0 Å². The van der Waals surface area contributed by atoms with Crippen LogP contribution in [0, 0.1) is 6.92 Å². The van der Waals surface area contributed by atoms with Gasteiger partial charge in [-0.3, -0.25) is 4.57 Å². The third-order valence-electron chi connectivity index (χ3n) is 3.15. The number of alkyl halides is 1. The third kappa shape index (κ3) is 2.11. The Hall–Kier alpha value is -1.51. The minimum Gasteiger partial charge on any atom is -0.295 e. The highest BCUT2D eigenvalue weighted by Gasteiger charge is 2.12. The maximum absolute atomic E-state index is 6.03. The number of benzene rings is 2. The molecule has 0 aliphatic heterocycles. The average molecular weight is 291 g/mol. The number of hydrogen-bond donors (Lipinski definition) is 0. The summed E-state index contributed by atoms with van der Waals surface area (Å²) >= 11 is 12.0. The lowest BCUT2D eigenvalue weighted by molar-refractivity contribution is 0.972. The van der Waals surface area contributed by atoms with Crippen LogP contribution in [0.4, 0.5) is 0 Å². The smallest absolute Gasteiger partial charge is 0.129 e. The fraction of sp³-hybridized carbons (Fsp3) is 0.133. The first-order valence-corrected chi connectivity index (χ1v) is 6.91. The molecule has 0 saturated heterocycles. The fourth-order valence-electron chi connectivity index (χ4n) is 2.30. The van der Waals surface area contributed by atoms with Crippen molar-refractivity contribution in [3.8, 4) is 5.69 Å². The summed E-state index contributed by atoms with van der Waals surface area (Å²) in [4.78, 5) is 4.57. The Labute approximate surface area is 121 Å². The van der Waals surface area contributed by atoms with Gasteiger partial charge in [0.05, 0.1) is 22.6 Å². The minimum absolute atomic E-state index is 0.372. The molecule has 0 bridgehead atoms. The number of aromatic nitrogens is 2. The Morgan fingerprint density at radius 3 is 2.68 bits per heavy atom. The van der Waals surface area contributed by atoms with Gasteiger partial charge in [-0.25, -0.2) is 4.98 Å². The van der Waals surface area contributed by atoms with Crippen molar-refractivity contribution in [3.05, 3.63) is 58.9 Å². The Morgan fingerprint density at radius 2 is 1.95 bits per heavy atom. The van der Waals surface area contributed by atoms with Gasteiger partial charge >= 0.3 is 0 Å². The van der Waals surface area contributed by atoms with Gasteiger partial charge in [-0.05, 0) is 42.8 Å². The molecule has 96 valence electrons. The van der Waals surface area contributed by atoms with E-state index in [4.69, 9.17) is 23.2 Å². The van der Waals surface area contributed by atoms with E-state index in [0.29, 0.717) is 5.88 Å². The van der Waals surface area contributed by atoms with Gasteiger partial charge in [0.25, 0.3) is 0 Å². The third-order valence-corrected chi connectivity index (χ3v) is 3.62. The van der Waals surface area contributed by atoms with E-state index in [2.05, 4.69) is 9.55 Å². The SMILES string of the molecule is Cc1cc(Cl)ccc1-n1c(CCl)nc2ccccc21. The van der Waals surface area contributed by atoms with Gasteiger partial charge in [-0.1, -0.05) is 23.7 Å². The van der Waals surface area contributed by atoms with Crippen LogP contribution in [-0.2, 0) is 5.88 Å². The zero-order valence-electron chi connectivity index (χ0n) is 10.4. The molecule has 0 spiro atoms.